The van der Waals surface area contributed by atoms with E-state index >= 15 is 4.39 Å². The van der Waals surface area contributed by atoms with E-state index in [1.165, 1.54) is 0 Å². The predicted octanol–water partition coefficient (Wildman–Crippen LogP) is 5.43. The van der Waals surface area contributed by atoms with Crippen LogP contribution in [0.2, 0.25) is 0 Å². The minimum Gasteiger partial charge on any atom is -0.341 e. The van der Waals surface area contributed by atoms with E-state index in [4.69, 9.17) is 0 Å². The second kappa shape index (κ2) is 11.6. The fourth-order valence-corrected chi connectivity index (χ4v) is 4.73. The van der Waals surface area contributed by atoms with Crippen molar-refractivity contribution < 1.29 is 14.0 Å². The van der Waals surface area contributed by atoms with Crippen LogP contribution in [0.25, 0.3) is 11.1 Å². The Hall–Kier alpha value is -3.38. The molecule has 1 fully saturated rings. The lowest BCUT2D eigenvalue weighted by Crippen LogP contribution is -2.44. The number of aryl methyl sites for hydroxylation is 2. The molecule has 0 bridgehead atoms. The van der Waals surface area contributed by atoms with Crippen molar-refractivity contribution in [2.75, 3.05) is 6.54 Å². The number of hydrogen-bond acceptors (Lipinski definition) is 4. The van der Waals surface area contributed by atoms with Gasteiger partial charge in [-0.1, -0.05) is 62.4 Å². The number of aromatic nitrogens is 1. The summed E-state index contributed by atoms with van der Waals surface area (Å²) in [5, 5.41) is 6.16. The molecular formula is C30H34FN3O2. The second-order valence-electron chi connectivity index (χ2n) is 9.82. The molecule has 1 amide bonds. The Balaban J connectivity index is 1.73. The van der Waals surface area contributed by atoms with Gasteiger partial charge in [-0.15, -0.1) is 0 Å². The Kier molecular flexibility index (Phi) is 8.26. The predicted molar refractivity (Wildman–Crippen MR) is 140 cm³/mol. The molecule has 36 heavy (non-hydrogen) atoms. The summed E-state index contributed by atoms with van der Waals surface area (Å²) >= 11 is 0. The number of carbonyl (C=O) groups excluding carboxylic acids is 2. The zero-order chi connectivity index (χ0) is 25.7. The first-order valence-corrected chi connectivity index (χ1v) is 12.7. The van der Waals surface area contributed by atoms with E-state index in [1.807, 2.05) is 63.2 Å². The monoisotopic (exact) mass is 487 g/mol. The van der Waals surface area contributed by atoms with Crippen LogP contribution in [0.4, 0.5) is 4.39 Å². The van der Waals surface area contributed by atoms with Crippen LogP contribution in [0.15, 0.2) is 60.8 Å². The number of halogens is 1. The van der Waals surface area contributed by atoms with Gasteiger partial charge in [0.05, 0.1) is 6.04 Å². The van der Waals surface area contributed by atoms with E-state index in [0.29, 0.717) is 35.1 Å². The van der Waals surface area contributed by atoms with Gasteiger partial charge in [-0.25, -0.2) is 4.39 Å². The molecule has 2 unspecified atom stereocenters. The number of Topliss-reactive ketones (excluding diaryl/α,β-unsaturated/α-hetero) is 1. The van der Waals surface area contributed by atoms with E-state index in [9.17, 15) is 9.59 Å². The van der Waals surface area contributed by atoms with Crippen molar-refractivity contribution in [2.24, 2.45) is 0 Å². The molecule has 0 aliphatic carbocycles. The molecule has 2 heterocycles. The van der Waals surface area contributed by atoms with Gasteiger partial charge in [-0.2, -0.15) is 0 Å². The highest BCUT2D eigenvalue weighted by atomic mass is 19.1. The largest absolute Gasteiger partial charge is 0.341 e. The van der Waals surface area contributed by atoms with E-state index in [0.717, 1.165) is 24.2 Å². The van der Waals surface area contributed by atoms with Gasteiger partial charge in [0, 0.05) is 23.9 Å². The van der Waals surface area contributed by atoms with Gasteiger partial charge in [0.15, 0.2) is 5.78 Å². The molecular weight excluding hydrogens is 453 g/mol. The van der Waals surface area contributed by atoms with Gasteiger partial charge in [0.25, 0.3) is 0 Å². The van der Waals surface area contributed by atoms with Crippen LogP contribution in [-0.4, -0.2) is 29.3 Å². The van der Waals surface area contributed by atoms with Crippen LogP contribution in [-0.2, 0) is 16.0 Å². The highest BCUT2D eigenvalue weighted by Gasteiger charge is 2.31. The van der Waals surface area contributed by atoms with Crippen LogP contribution in [0.3, 0.4) is 0 Å². The maximum absolute atomic E-state index is 16.0. The van der Waals surface area contributed by atoms with Gasteiger partial charge >= 0.3 is 0 Å². The highest BCUT2D eigenvalue weighted by Crippen LogP contribution is 2.36. The van der Waals surface area contributed by atoms with Crippen molar-refractivity contribution in [3.63, 3.8) is 0 Å². The van der Waals surface area contributed by atoms with Crippen molar-refractivity contribution in [3.05, 3.63) is 89.0 Å². The molecule has 2 aromatic carbocycles. The number of carbonyl (C=O) groups is 2. The number of nitrogens with zero attached hydrogens (tertiary/aromatic N) is 1. The van der Waals surface area contributed by atoms with Crippen molar-refractivity contribution >= 4 is 11.7 Å². The average Bonchev–Trinajstić information content (AvgIpc) is 3.42. The van der Waals surface area contributed by atoms with E-state index in [1.54, 1.807) is 18.3 Å². The third-order valence-corrected chi connectivity index (χ3v) is 6.82. The van der Waals surface area contributed by atoms with Crippen LogP contribution in [0, 0.1) is 12.7 Å². The highest BCUT2D eigenvalue weighted by molar-refractivity contribution is 5.93. The first-order valence-electron chi connectivity index (χ1n) is 12.7. The smallest absolute Gasteiger partial charge is 0.237 e. The van der Waals surface area contributed by atoms with Crippen LogP contribution >= 0.6 is 0 Å². The number of hydrogen-bond donors (Lipinski definition) is 2. The maximum Gasteiger partial charge on any atom is 0.237 e. The Morgan fingerprint density at radius 1 is 1.08 bits per heavy atom. The number of benzene rings is 2. The number of amides is 1. The minimum atomic E-state index is -0.954. The molecule has 5 nitrogen and oxygen atoms in total. The topological polar surface area (TPSA) is 71.1 Å². The quantitative estimate of drug-likeness (QED) is 0.422. The third kappa shape index (κ3) is 5.88. The number of ketones is 1. The van der Waals surface area contributed by atoms with Crippen LogP contribution in [0.5, 0.6) is 0 Å². The van der Waals surface area contributed by atoms with Gasteiger partial charge in [0.2, 0.25) is 5.91 Å². The molecule has 1 aliphatic rings. The minimum absolute atomic E-state index is 0.0259. The van der Waals surface area contributed by atoms with E-state index in [-0.39, 0.29) is 35.9 Å². The molecule has 188 valence electrons. The number of rotatable bonds is 9. The molecule has 0 saturated carbocycles. The first kappa shape index (κ1) is 25.7. The summed E-state index contributed by atoms with van der Waals surface area (Å²) < 4.78 is 16.0. The van der Waals surface area contributed by atoms with Crippen molar-refractivity contribution in [1.82, 2.24) is 15.6 Å². The summed E-state index contributed by atoms with van der Waals surface area (Å²) in [5.41, 5.74) is 3.98. The lowest BCUT2D eigenvalue weighted by Gasteiger charge is -2.25. The Bertz CT molecular complexity index is 1200. The normalized spacial score (nSPS) is 16.2. The summed E-state index contributed by atoms with van der Waals surface area (Å²) in [6.07, 6.45) is 4.09. The summed E-state index contributed by atoms with van der Waals surface area (Å²) in [6, 6.07) is 15.4. The molecule has 1 aromatic heterocycles. The number of pyridine rings is 1. The standard InChI is InChI=1S/C30H34FN3O2/c1-19(2)23-14-15-24(27(28(23)31)22-8-5-4-6-9-22)29(34-30(36)25-10-7-17-32-25)26(35)16-13-21-12-11-20(3)33-18-21/h4-6,8-9,11-12,14-15,18-19,25,29,32H,7,10,13,16-17H2,1-3H3,(H,34,36). The van der Waals surface area contributed by atoms with E-state index < -0.39 is 6.04 Å². The SMILES string of the molecule is Cc1ccc(CCC(=O)C(NC(=O)C2CCCN2)c2ccc(C(C)C)c(F)c2-c2ccccc2)cn1. The van der Waals surface area contributed by atoms with E-state index in [2.05, 4.69) is 15.6 Å². The molecule has 0 radical (unpaired) electrons. The molecule has 0 spiro atoms. The zero-order valence-electron chi connectivity index (χ0n) is 21.2. The summed E-state index contributed by atoms with van der Waals surface area (Å²) in [7, 11) is 0. The van der Waals surface area contributed by atoms with Gasteiger partial charge in [-0.3, -0.25) is 14.6 Å². The Labute approximate surface area is 212 Å². The van der Waals surface area contributed by atoms with Crippen molar-refractivity contribution in [1.29, 1.82) is 0 Å². The lowest BCUT2D eigenvalue weighted by atomic mass is 9.87. The third-order valence-electron chi connectivity index (χ3n) is 6.82. The van der Waals surface area contributed by atoms with Crippen molar-refractivity contribution in [3.8, 4) is 11.1 Å². The Morgan fingerprint density at radius 3 is 2.47 bits per heavy atom. The zero-order valence-corrected chi connectivity index (χ0v) is 21.2. The summed E-state index contributed by atoms with van der Waals surface area (Å²) in [4.78, 5) is 31.1. The molecule has 1 aliphatic heterocycles. The fourth-order valence-electron chi connectivity index (χ4n) is 4.73. The van der Waals surface area contributed by atoms with Crippen molar-refractivity contribution in [2.45, 2.75) is 64.5 Å². The fraction of sp³-hybridized carbons (Fsp3) is 0.367. The summed E-state index contributed by atoms with van der Waals surface area (Å²) in [5.74, 6) is -0.754. The average molecular weight is 488 g/mol. The first-order chi connectivity index (χ1) is 17.3. The Morgan fingerprint density at radius 2 is 1.83 bits per heavy atom. The maximum atomic E-state index is 16.0. The van der Waals surface area contributed by atoms with Gasteiger partial charge in [-0.05, 0) is 67.0 Å². The van der Waals surface area contributed by atoms with Gasteiger partial charge < -0.3 is 10.6 Å². The molecule has 2 N–H and O–H groups in total. The second-order valence-corrected chi connectivity index (χ2v) is 9.82. The molecule has 2 atom stereocenters. The van der Waals surface area contributed by atoms with Crippen LogP contribution < -0.4 is 10.6 Å². The lowest BCUT2D eigenvalue weighted by molar-refractivity contribution is -0.129. The van der Waals surface area contributed by atoms with Gasteiger partial charge in [0.1, 0.15) is 11.9 Å². The molecule has 3 aromatic rings. The number of nitrogens with one attached hydrogen (secondary N) is 2. The summed E-state index contributed by atoms with van der Waals surface area (Å²) in [6.45, 7) is 6.57. The molecule has 6 heteroatoms. The van der Waals surface area contributed by atoms with Crippen LogP contribution in [0.1, 0.15) is 67.5 Å². The molecule has 4 rings (SSSR count). The molecule has 1 saturated heterocycles.